The minimum atomic E-state index is -4.77. The van der Waals surface area contributed by atoms with Crippen molar-refractivity contribution in [1.82, 2.24) is 0 Å². The summed E-state index contributed by atoms with van der Waals surface area (Å²) in [5.74, 6) is -0.593. The fourth-order valence-electron chi connectivity index (χ4n) is 3.65. The van der Waals surface area contributed by atoms with E-state index in [0.29, 0.717) is 36.8 Å². The molecule has 0 spiro atoms. The molecule has 1 atom stereocenters. The lowest BCUT2D eigenvalue weighted by molar-refractivity contribution is -0.141. The number of aliphatic carboxylic acids is 1. The smallest absolute Gasteiger partial charge is 0.418 e. The number of nitrogens with zero attached hydrogens (tertiary/aromatic N) is 1. The maximum absolute atomic E-state index is 13.4. The second-order valence-electron chi connectivity index (χ2n) is 7.68. The molecule has 174 valence electrons. The van der Waals surface area contributed by atoms with Gasteiger partial charge in [-0.05, 0) is 48.7 Å². The number of alkyl halides is 6. The number of carbonyl (C=O) groups is 1. The molecule has 0 aliphatic carbocycles. The Morgan fingerprint density at radius 2 is 1.81 bits per heavy atom. The van der Waals surface area contributed by atoms with Gasteiger partial charge in [-0.3, -0.25) is 4.79 Å². The van der Waals surface area contributed by atoms with E-state index in [2.05, 4.69) is 0 Å². The average molecular weight is 461 g/mol. The van der Waals surface area contributed by atoms with Gasteiger partial charge in [0.25, 0.3) is 0 Å². The number of benzene rings is 2. The van der Waals surface area contributed by atoms with Crippen molar-refractivity contribution in [3.05, 3.63) is 59.2 Å². The van der Waals surface area contributed by atoms with Crippen LogP contribution in [0.4, 0.5) is 32.0 Å². The molecule has 0 bridgehead atoms. The SMILES string of the molecule is O=C(O)CCc1cccc(OCC2CCN(c3cc(C(F)(F)F)ccc3C(F)(F)F)C2)c1. The number of carboxylic acid groups (broad SMARTS) is 1. The predicted octanol–water partition coefficient (Wildman–Crippen LogP) is 5.65. The number of ether oxygens (including phenoxy) is 1. The molecular formula is C22H21F6NO3. The monoisotopic (exact) mass is 461 g/mol. The van der Waals surface area contributed by atoms with Gasteiger partial charge < -0.3 is 14.7 Å². The van der Waals surface area contributed by atoms with E-state index in [0.717, 1.165) is 5.56 Å². The Morgan fingerprint density at radius 3 is 2.47 bits per heavy atom. The number of anilines is 1. The maximum atomic E-state index is 13.4. The molecule has 0 saturated carbocycles. The molecule has 1 heterocycles. The third-order valence-corrected chi connectivity index (χ3v) is 5.27. The molecule has 2 aromatic carbocycles. The van der Waals surface area contributed by atoms with Crippen LogP contribution in [0.3, 0.4) is 0 Å². The fraction of sp³-hybridized carbons (Fsp3) is 0.409. The Labute approximate surface area is 180 Å². The van der Waals surface area contributed by atoms with Gasteiger partial charge >= 0.3 is 18.3 Å². The number of hydrogen-bond acceptors (Lipinski definition) is 3. The highest BCUT2D eigenvalue weighted by molar-refractivity contribution is 5.67. The molecule has 1 aliphatic heterocycles. The molecule has 1 fully saturated rings. The Kier molecular flexibility index (Phi) is 6.90. The maximum Gasteiger partial charge on any atom is 0.418 e. The molecule has 1 N–H and O–H groups in total. The Bertz CT molecular complexity index is 957. The summed E-state index contributed by atoms with van der Waals surface area (Å²) in [5.41, 5.74) is -1.93. The average Bonchev–Trinajstić information content (AvgIpc) is 3.18. The predicted molar refractivity (Wildman–Crippen MR) is 105 cm³/mol. The van der Waals surface area contributed by atoms with Crippen LogP contribution in [-0.4, -0.2) is 30.8 Å². The molecule has 32 heavy (non-hydrogen) atoms. The van der Waals surface area contributed by atoms with Crippen LogP contribution in [0.25, 0.3) is 0 Å². The molecule has 0 amide bonds. The summed E-state index contributed by atoms with van der Waals surface area (Å²) in [5, 5.41) is 8.77. The van der Waals surface area contributed by atoms with Crippen molar-refractivity contribution in [2.75, 3.05) is 24.6 Å². The van der Waals surface area contributed by atoms with Gasteiger partial charge in [0, 0.05) is 31.1 Å². The molecular weight excluding hydrogens is 440 g/mol. The summed E-state index contributed by atoms with van der Waals surface area (Å²) in [6, 6.07) is 8.34. The molecule has 0 radical (unpaired) electrons. The molecule has 3 rings (SSSR count). The van der Waals surface area contributed by atoms with Crippen molar-refractivity contribution in [3.8, 4) is 5.75 Å². The van der Waals surface area contributed by atoms with Gasteiger partial charge in [-0.15, -0.1) is 0 Å². The minimum Gasteiger partial charge on any atom is -0.493 e. The Morgan fingerprint density at radius 1 is 1.06 bits per heavy atom. The lowest BCUT2D eigenvalue weighted by Crippen LogP contribution is -2.25. The number of halogens is 6. The van der Waals surface area contributed by atoms with Crippen molar-refractivity contribution in [1.29, 1.82) is 0 Å². The van der Waals surface area contributed by atoms with Crippen molar-refractivity contribution >= 4 is 11.7 Å². The highest BCUT2D eigenvalue weighted by Crippen LogP contribution is 2.41. The normalized spacial score (nSPS) is 16.9. The summed E-state index contributed by atoms with van der Waals surface area (Å²) in [6.07, 6.45) is -8.75. The van der Waals surface area contributed by atoms with Crippen LogP contribution in [0.5, 0.6) is 5.75 Å². The number of hydrogen-bond donors (Lipinski definition) is 1. The summed E-state index contributed by atoms with van der Waals surface area (Å²) >= 11 is 0. The van der Waals surface area contributed by atoms with Gasteiger partial charge in [0.05, 0.1) is 17.7 Å². The highest BCUT2D eigenvalue weighted by atomic mass is 19.4. The molecule has 1 saturated heterocycles. The zero-order valence-corrected chi connectivity index (χ0v) is 16.8. The summed E-state index contributed by atoms with van der Waals surface area (Å²) in [4.78, 5) is 12.0. The number of aryl methyl sites for hydroxylation is 1. The van der Waals surface area contributed by atoms with E-state index in [4.69, 9.17) is 9.84 Å². The van der Waals surface area contributed by atoms with E-state index in [9.17, 15) is 31.1 Å². The highest BCUT2D eigenvalue weighted by Gasteiger charge is 2.39. The second kappa shape index (κ2) is 9.30. The van der Waals surface area contributed by atoms with E-state index in [1.165, 1.54) is 4.90 Å². The first-order valence-electron chi connectivity index (χ1n) is 9.90. The lowest BCUT2D eigenvalue weighted by atomic mass is 10.1. The van der Waals surface area contributed by atoms with Crippen LogP contribution >= 0.6 is 0 Å². The van der Waals surface area contributed by atoms with Crippen molar-refractivity contribution in [2.24, 2.45) is 5.92 Å². The Balaban J connectivity index is 1.68. The van der Waals surface area contributed by atoms with Crippen LogP contribution in [0.2, 0.25) is 0 Å². The molecule has 1 unspecified atom stereocenters. The quantitative estimate of drug-likeness (QED) is 0.542. The van der Waals surface area contributed by atoms with Gasteiger partial charge in [0.2, 0.25) is 0 Å². The summed E-state index contributed by atoms with van der Waals surface area (Å²) in [6.45, 7) is 0.485. The fourth-order valence-corrected chi connectivity index (χ4v) is 3.65. The number of rotatable bonds is 7. The summed E-state index contributed by atoms with van der Waals surface area (Å²) < 4.78 is 85.0. The molecule has 0 aromatic heterocycles. The van der Waals surface area contributed by atoms with Crippen molar-refractivity contribution in [3.63, 3.8) is 0 Å². The number of carboxylic acids is 1. The van der Waals surface area contributed by atoms with Gasteiger partial charge in [-0.2, -0.15) is 26.3 Å². The van der Waals surface area contributed by atoms with Crippen LogP contribution < -0.4 is 9.64 Å². The first-order chi connectivity index (χ1) is 14.9. The third-order valence-electron chi connectivity index (χ3n) is 5.27. The first kappa shape index (κ1) is 23.7. The Hall–Kier alpha value is -2.91. The summed E-state index contributed by atoms with van der Waals surface area (Å²) in [7, 11) is 0. The standard InChI is InChI=1S/C22H21F6NO3/c23-21(24,25)16-5-6-18(22(26,27)28)19(11-16)29-9-8-15(12-29)13-32-17-3-1-2-14(10-17)4-7-20(30)31/h1-3,5-6,10-11,15H,4,7-9,12-13H2,(H,30,31). The zero-order chi connectivity index (χ0) is 23.5. The van der Waals surface area contributed by atoms with Gasteiger partial charge in [-0.1, -0.05) is 12.1 Å². The zero-order valence-electron chi connectivity index (χ0n) is 16.8. The van der Waals surface area contributed by atoms with E-state index < -0.39 is 35.1 Å². The topological polar surface area (TPSA) is 49.8 Å². The van der Waals surface area contributed by atoms with Crippen LogP contribution in [0.15, 0.2) is 42.5 Å². The lowest BCUT2D eigenvalue weighted by Gasteiger charge is -2.24. The van der Waals surface area contributed by atoms with Crippen LogP contribution in [-0.2, 0) is 23.6 Å². The largest absolute Gasteiger partial charge is 0.493 e. The van der Waals surface area contributed by atoms with E-state index >= 15 is 0 Å². The molecule has 4 nitrogen and oxygen atoms in total. The van der Waals surface area contributed by atoms with Gasteiger partial charge in [0.1, 0.15) is 5.75 Å². The van der Waals surface area contributed by atoms with Gasteiger partial charge in [0.15, 0.2) is 0 Å². The molecule has 2 aromatic rings. The minimum absolute atomic E-state index is 0.0282. The third kappa shape index (κ3) is 6.08. The van der Waals surface area contributed by atoms with Crippen LogP contribution in [0.1, 0.15) is 29.5 Å². The van der Waals surface area contributed by atoms with E-state index in [-0.39, 0.29) is 32.0 Å². The van der Waals surface area contributed by atoms with E-state index in [1.54, 1.807) is 24.3 Å². The van der Waals surface area contributed by atoms with Crippen LogP contribution in [0, 0.1) is 5.92 Å². The van der Waals surface area contributed by atoms with Crippen molar-refractivity contribution < 1.29 is 41.0 Å². The second-order valence-corrected chi connectivity index (χ2v) is 7.68. The first-order valence-corrected chi connectivity index (χ1v) is 9.90. The molecule has 1 aliphatic rings. The van der Waals surface area contributed by atoms with Gasteiger partial charge in [-0.25, -0.2) is 0 Å². The van der Waals surface area contributed by atoms with Crippen molar-refractivity contribution in [2.45, 2.75) is 31.6 Å². The van der Waals surface area contributed by atoms with E-state index in [1.807, 2.05) is 0 Å². The molecule has 10 heteroatoms.